The van der Waals surface area contributed by atoms with Gasteiger partial charge in [0.1, 0.15) is 0 Å². The molecule has 1 aliphatic heterocycles. The molecule has 1 aliphatic rings. The Kier molecular flexibility index (Phi) is 5.10. The van der Waals surface area contributed by atoms with Crippen molar-refractivity contribution in [3.05, 3.63) is 22.7 Å². The van der Waals surface area contributed by atoms with Crippen molar-refractivity contribution in [1.29, 1.82) is 0 Å². The Morgan fingerprint density at radius 1 is 1.35 bits per heavy atom. The molecule has 1 aromatic rings. The van der Waals surface area contributed by atoms with Crippen molar-refractivity contribution >= 4 is 17.6 Å². The Labute approximate surface area is 124 Å². The van der Waals surface area contributed by atoms with E-state index in [1.54, 1.807) is 17.0 Å². The molecule has 0 aliphatic carbocycles. The van der Waals surface area contributed by atoms with E-state index < -0.39 is 0 Å². The highest BCUT2D eigenvalue weighted by Gasteiger charge is 2.16. The van der Waals surface area contributed by atoms with Crippen LogP contribution in [0.2, 0.25) is 0 Å². The zero-order valence-electron chi connectivity index (χ0n) is 12.6. The van der Waals surface area contributed by atoms with E-state index >= 15 is 0 Å². The molecule has 2 rings (SSSR count). The summed E-state index contributed by atoms with van der Waals surface area (Å²) in [5, 5.41) is 3.18. The van der Waals surface area contributed by atoms with Crippen LogP contribution in [-0.2, 0) is 5.54 Å². The van der Waals surface area contributed by atoms with Gasteiger partial charge in [0, 0.05) is 55.6 Å². The molecule has 112 valence electrons. The fourth-order valence-corrected chi connectivity index (χ4v) is 3.20. The molecule has 2 heterocycles. The summed E-state index contributed by atoms with van der Waals surface area (Å²) in [6.07, 6.45) is 3.43. The third kappa shape index (κ3) is 3.99. The van der Waals surface area contributed by atoms with Crippen molar-refractivity contribution in [1.82, 2.24) is 14.5 Å². The molecule has 5 nitrogen and oxygen atoms in total. The zero-order valence-corrected chi connectivity index (χ0v) is 13.4. The van der Waals surface area contributed by atoms with E-state index in [0.29, 0.717) is 5.82 Å². The second-order valence-electron chi connectivity index (χ2n) is 6.00. The van der Waals surface area contributed by atoms with Gasteiger partial charge in [-0.2, -0.15) is 11.8 Å². The Morgan fingerprint density at radius 2 is 2.05 bits per heavy atom. The quantitative estimate of drug-likeness (QED) is 0.911. The van der Waals surface area contributed by atoms with Crippen LogP contribution in [0.4, 0.5) is 5.82 Å². The summed E-state index contributed by atoms with van der Waals surface area (Å²) in [7, 11) is 0. The molecule has 1 fully saturated rings. The molecule has 0 atom stereocenters. The summed E-state index contributed by atoms with van der Waals surface area (Å²) in [4.78, 5) is 18.9. The van der Waals surface area contributed by atoms with Crippen LogP contribution in [0.1, 0.15) is 20.8 Å². The van der Waals surface area contributed by atoms with Gasteiger partial charge in [-0.1, -0.05) is 0 Å². The lowest BCUT2D eigenvalue weighted by atomic mass is 10.1. The third-order valence-electron chi connectivity index (χ3n) is 3.39. The van der Waals surface area contributed by atoms with Crippen molar-refractivity contribution in [2.45, 2.75) is 26.3 Å². The topological polar surface area (TPSA) is 50.2 Å². The summed E-state index contributed by atoms with van der Waals surface area (Å²) in [5.74, 6) is 2.87. The second-order valence-corrected chi connectivity index (χ2v) is 7.23. The van der Waals surface area contributed by atoms with Crippen molar-refractivity contribution in [3.63, 3.8) is 0 Å². The van der Waals surface area contributed by atoms with E-state index in [4.69, 9.17) is 0 Å². The summed E-state index contributed by atoms with van der Waals surface area (Å²) in [6.45, 7) is 10.1. The first-order chi connectivity index (χ1) is 9.48. The zero-order chi connectivity index (χ0) is 14.6. The fourth-order valence-electron chi connectivity index (χ4n) is 2.22. The highest BCUT2D eigenvalue weighted by atomic mass is 32.2. The maximum Gasteiger partial charge on any atom is 0.293 e. The number of aromatic nitrogens is 2. The molecule has 1 N–H and O–H groups in total. The van der Waals surface area contributed by atoms with Gasteiger partial charge in [0.25, 0.3) is 5.56 Å². The van der Waals surface area contributed by atoms with E-state index in [0.717, 1.165) is 26.2 Å². The number of hydrogen-bond acceptors (Lipinski definition) is 5. The Hall–Kier alpha value is -1.01. The Balaban J connectivity index is 1.94. The van der Waals surface area contributed by atoms with Crippen LogP contribution in [0.25, 0.3) is 0 Å². The van der Waals surface area contributed by atoms with Gasteiger partial charge >= 0.3 is 0 Å². The SMILES string of the molecule is CC(C)(C)n1ccnc(NCCN2CCSCC2)c1=O. The lowest BCUT2D eigenvalue weighted by Gasteiger charge is -2.26. The van der Waals surface area contributed by atoms with Gasteiger partial charge in [-0.25, -0.2) is 4.98 Å². The average molecular weight is 296 g/mol. The minimum atomic E-state index is -0.222. The highest BCUT2D eigenvalue weighted by molar-refractivity contribution is 7.99. The van der Waals surface area contributed by atoms with Crippen molar-refractivity contribution < 1.29 is 0 Å². The summed E-state index contributed by atoms with van der Waals surface area (Å²) in [6, 6.07) is 0. The highest BCUT2D eigenvalue weighted by Crippen LogP contribution is 2.11. The third-order valence-corrected chi connectivity index (χ3v) is 4.33. The fraction of sp³-hybridized carbons (Fsp3) is 0.714. The number of hydrogen-bond donors (Lipinski definition) is 1. The van der Waals surface area contributed by atoms with Crippen LogP contribution in [0.5, 0.6) is 0 Å². The summed E-state index contributed by atoms with van der Waals surface area (Å²) >= 11 is 2.01. The Bertz CT molecular complexity index is 489. The van der Waals surface area contributed by atoms with Gasteiger partial charge in [-0.3, -0.25) is 9.69 Å². The first kappa shape index (κ1) is 15.4. The van der Waals surface area contributed by atoms with Gasteiger partial charge in [0.05, 0.1) is 0 Å². The molecule has 0 bridgehead atoms. The van der Waals surface area contributed by atoms with Gasteiger partial charge in [0.15, 0.2) is 5.82 Å². The number of nitrogens with zero attached hydrogens (tertiary/aromatic N) is 3. The van der Waals surface area contributed by atoms with Gasteiger partial charge in [-0.05, 0) is 20.8 Å². The minimum Gasteiger partial charge on any atom is -0.364 e. The largest absolute Gasteiger partial charge is 0.364 e. The van der Waals surface area contributed by atoms with E-state index in [1.807, 2.05) is 32.5 Å². The van der Waals surface area contributed by atoms with Crippen LogP contribution < -0.4 is 10.9 Å². The average Bonchev–Trinajstić information content (AvgIpc) is 2.40. The smallest absolute Gasteiger partial charge is 0.293 e. The second kappa shape index (κ2) is 6.63. The van der Waals surface area contributed by atoms with E-state index in [9.17, 15) is 4.79 Å². The molecule has 0 radical (unpaired) electrons. The lowest BCUT2D eigenvalue weighted by molar-refractivity contribution is 0.314. The molecule has 0 spiro atoms. The van der Waals surface area contributed by atoms with Crippen molar-refractivity contribution in [2.24, 2.45) is 0 Å². The van der Waals surface area contributed by atoms with Crippen LogP contribution in [0, 0.1) is 0 Å². The molecule has 6 heteroatoms. The molecule has 0 aromatic carbocycles. The molecular weight excluding hydrogens is 272 g/mol. The van der Waals surface area contributed by atoms with Crippen LogP contribution in [-0.4, -0.2) is 52.1 Å². The van der Waals surface area contributed by atoms with Crippen LogP contribution in [0.3, 0.4) is 0 Å². The number of anilines is 1. The van der Waals surface area contributed by atoms with Gasteiger partial charge < -0.3 is 9.88 Å². The van der Waals surface area contributed by atoms with Gasteiger partial charge in [0.2, 0.25) is 0 Å². The molecule has 0 unspecified atom stereocenters. The molecule has 1 saturated heterocycles. The van der Waals surface area contributed by atoms with Gasteiger partial charge in [-0.15, -0.1) is 0 Å². The van der Waals surface area contributed by atoms with Crippen LogP contribution in [0.15, 0.2) is 17.2 Å². The lowest BCUT2D eigenvalue weighted by Crippen LogP contribution is -2.38. The van der Waals surface area contributed by atoms with E-state index in [-0.39, 0.29) is 11.1 Å². The molecular formula is C14H24N4OS. The standard InChI is InChI=1S/C14H24N4OS/c1-14(2,3)18-7-5-16-12(13(18)19)15-4-6-17-8-10-20-11-9-17/h5,7H,4,6,8-11H2,1-3H3,(H,15,16). The molecule has 0 amide bonds. The first-order valence-electron chi connectivity index (χ1n) is 7.10. The van der Waals surface area contributed by atoms with Crippen molar-refractivity contribution in [2.75, 3.05) is 43.0 Å². The molecule has 0 saturated carbocycles. The predicted octanol–water partition coefficient (Wildman–Crippen LogP) is 1.46. The number of thioether (sulfide) groups is 1. The molecule has 1 aromatic heterocycles. The monoisotopic (exact) mass is 296 g/mol. The first-order valence-corrected chi connectivity index (χ1v) is 8.26. The predicted molar refractivity (Wildman–Crippen MR) is 85.7 cm³/mol. The van der Waals surface area contributed by atoms with E-state index in [2.05, 4.69) is 15.2 Å². The number of rotatable bonds is 4. The maximum atomic E-state index is 12.3. The minimum absolute atomic E-state index is 0.0470. The summed E-state index contributed by atoms with van der Waals surface area (Å²) < 4.78 is 1.72. The molecule has 20 heavy (non-hydrogen) atoms. The maximum absolute atomic E-state index is 12.3. The van der Waals surface area contributed by atoms with Crippen molar-refractivity contribution in [3.8, 4) is 0 Å². The number of nitrogens with one attached hydrogen (secondary N) is 1. The summed E-state index contributed by atoms with van der Waals surface area (Å²) in [5.41, 5.74) is -0.269. The van der Waals surface area contributed by atoms with Crippen LogP contribution >= 0.6 is 11.8 Å². The Morgan fingerprint density at radius 3 is 2.70 bits per heavy atom. The normalized spacial score (nSPS) is 17.1. The van der Waals surface area contributed by atoms with E-state index in [1.165, 1.54) is 11.5 Å².